The second-order valence-electron chi connectivity index (χ2n) is 6.04. The monoisotopic (exact) mass is 330 g/mol. The first kappa shape index (κ1) is 16.9. The van der Waals surface area contributed by atoms with E-state index in [1.165, 1.54) is 30.6 Å². The molecule has 0 atom stereocenters. The minimum Gasteiger partial charge on any atom is -0.310 e. The second-order valence-corrected chi connectivity index (χ2v) is 8.97. The normalized spacial score (nSPS) is 16.6. The third kappa shape index (κ3) is 4.28. The van der Waals surface area contributed by atoms with Crippen LogP contribution in [0, 0.1) is 5.92 Å². The highest BCUT2D eigenvalue weighted by Crippen LogP contribution is 2.30. The molecule has 1 aromatic rings. The molecule has 4 nitrogen and oxygen atoms in total. The predicted octanol–water partition coefficient (Wildman–Crippen LogP) is 3.06. The molecule has 1 saturated carbocycles. The summed E-state index contributed by atoms with van der Waals surface area (Å²) in [6.07, 6.45) is 3.57. The number of thiophene rings is 1. The van der Waals surface area contributed by atoms with Crippen molar-refractivity contribution in [1.82, 2.24) is 9.62 Å². The Bertz CT molecular complexity index is 548. The summed E-state index contributed by atoms with van der Waals surface area (Å²) in [5.74, 6) is 0.556. The lowest BCUT2D eigenvalue weighted by Gasteiger charge is -2.30. The minimum absolute atomic E-state index is 0.401. The lowest BCUT2D eigenvalue weighted by atomic mass is 9.85. The first-order chi connectivity index (χ1) is 9.93. The number of sulfonamides is 1. The fourth-order valence-electron chi connectivity index (χ4n) is 2.40. The zero-order valence-electron chi connectivity index (χ0n) is 13.1. The van der Waals surface area contributed by atoms with Crippen LogP contribution in [0.1, 0.15) is 44.9 Å². The van der Waals surface area contributed by atoms with Gasteiger partial charge in [-0.05, 0) is 24.8 Å². The van der Waals surface area contributed by atoms with E-state index in [2.05, 4.69) is 19.2 Å². The Morgan fingerprint density at radius 1 is 1.43 bits per heavy atom. The van der Waals surface area contributed by atoms with Gasteiger partial charge in [0.25, 0.3) is 0 Å². The Labute approximate surface area is 132 Å². The minimum atomic E-state index is -3.32. The van der Waals surface area contributed by atoms with Crippen molar-refractivity contribution in [2.75, 3.05) is 13.1 Å². The smallest absolute Gasteiger partial charge is 0.243 e. The average molecular weight is 331 g/mol. The number of nitrogens with one attached hydrogen (secondary N) is 1. The number of nitrogens with zero attached hydrogens (tertiary/aromatic N) is 1. The quantitative estimate of drug-likeness (QED) is 0.797. The molecule has 0 aliphatic heterocycles. The van der Waals surface area contributed by atoms with Crippen LogP contribution in [0.15, 0.2) is 16.3 Å². The molecule has 120 valence electrons. The Hall–Kier alpha value is -0.430. The molecule has 1 heterocycles. The van der Waals surface area contributed by atoms with Crippen molar-refractivity contribution in [3.05, 3.63) is 16.3 Å². The van der Waals surface area contributed by atoms with Crippen LogP contribution >= 0.6 is 11.3 Å². The Kier molecular flexibility index (Phi) is 5.82. The van der Waals surface area contributed by atoms with Crippen molar-refractivity contribution in [3.63, 3.8) is 0 Å². The van der Waals surface area contributed by atoms with Crippen molar-refractivity contribution < 1.29 is 8.42 Å². The van der Waals surface area contributed by atoms with Gasteiger partial charge in [0.05, 0.1) is 4.90 Å². The highest BCUT2D eigenvalue weighted by molar-refractivity contribution is 7.89. The van der Waals surface area contributed by atoms with Crippen molar-refractivity contribution in [3.8, 4) is 0 Å². The van der Waals surface area contributed by atoms with Crippen LogP contribution in [-0.2, 0) is 16.6 Å². The van der Waals surface area contributed by atoms with Gasteiger partial charge in [-0.1, -0.05) is 27.2 Å². The standard InChI is InChI=1S/C15H26N2O2S2/c1-4-17(10-13-6-5-7-13)21(18,19)15-8-14(20-11-15)9-16-12(2)3/h8,11-13,16H,4-7,9-10H2,1-3H3. The van der Waals surface area contributed by atoms with Crippen LogP contribution in [0.25, 0.3) is 0 Å². The van der Waals surface area contributed by atoms with Crippen molar-refractivity contribution in [2.24, 2.45) is 5.92 Å². The third-order valence-corrected chi connectivity index (χ3v) is 7.00. The van der Waals surface area contributed by atoms with Gasteiger partial charge < -0.3 is 5.32 Å². The summed E-state index contributed by atoms with van der Waals surface area (Å²) in [6.45, 7) is 8.05. The average Bonchev–Trinajstić information content (AvgIpc) is 2.84. The van der Waals surface area contributed by atoms with Gasteiger partial charge in [-0.25, -0.2) is 8.42 Å². The lowest BCUT2D eigenvalue weighted by Crippen LogP contribution is -2.37. The molecule has 1 fully saturated rings. The van der Waals surface area contributed by atoms with E-state index in [-0.39, 0.29) is 0 Å². The van der Waals surface area contributed by atoms with E-state index in [4.69, 9.17) is 0 Å². The molecule has 0 spiro atoms. The molecule has 6 heteroatoms. The van der Waals surface area contributed by atoms with Gasteiger partial charge in [-0.2, -0.15) is 4.31 Å². The Morgan fingerprint density at radius 3 is 2.67 bits per heavy atom. The third-order valence-electron chi connectivity index (χ3n) is 3.99. The molecule has 1 aromatic heterocycles. The molecule has 1 aliphatic carbocycles. The molecule has 0 bridgehead atoms. The highest BCUT2D eigenvalue weighted by Gasteiger charge is 2.29. The summed E-state index contributed by atoms with van der Waals surface area (Å²) in [7, 11) is -3.32. The summed E-state index contributed by atoms with van der Waals surface area (Å²) < 4.78 is 27.0. The second kappa shape index (κ2) is 7.22. The maximum atomic E-state index is 12.7. The highest BCUT2D eigenvalue weighted by atomic mass is 32.2. The molecule has 0 saturated heterocycles. The maximum Gasteiger partial charge on any atom is 0.243 e. The number of hydrogen-bond donors (Lipinski definition) is 1. The topological polar surface area (TPSA) is 49.4 Å². The van der Waals surface area contributed by atoms with Crippen molar-refractivity contribution in [1.29, 1.82) is 0 Å². The van der Waals surface area contributed by atoms with Crippen LogP contribution in [0.5, 0.6) is 0 Å². The summed E-state index contributed by atoms with van der Waals surface area (Å²) in [5.41, 5.74) is 0. The Balaban J connectivity index is 2.06. The molecule has 0 aromatic carbocycles. The van der Waals surface area contributed by atoms with Gasteiger partial charge in [-0.15, -0.1) is 11.3 Å². The van der Waals surface area contributed by atoms with Gasteiger partial charge in [0.1, 0.15) is 0 Å². The molecular formula is C15H26N2O2S2. The lowest BCUT2D eigenvalue weighted by molar-refractivity contribution is 0.250. The number of hydrogen-bond acceptors (Lipinski definition) is 4. The summed E-state index contributed by atoms with van der Waals surface area (Å²) in [6, 6.07) is 2.22. The largest absolute Gasteiger partial charge is 0.310 e. The van der Waals surface area contributed by atoms with Crippen LogP contribution in [0.4, 0.5) is 0 Å². The first-order valence-corrected chi connectivity index (χ1v) is 10.1. The molecule has 2 rings (SSSR count). The van der Waals surface area contributed by atoms with Gasteiger partial charge >= 0.3 is 0 Å². The molecule has 0 unspecified atom stereocenters. The van der Waals surface area contributed by atoms with E-state index in [0.717, 1.165) is 11.4 Å². The van der Waals surface area contributed by atoms with Gasteiger partial charge in [0, 0.05) is 35.9 Å². The first-order valence-electron chi connectivity index (χ1n) is 7.74. The van der Waals surface area contributed by atoms with E-state index in [9.17, 15) is 8.42 Å². The van der Waals surface area contributed by atoms with Crippen molar-refractivity contribution in [2.45, 2.75) is 57.5 Å². The zero-order valence-corrected chi connectivity index (χ0v) is 14.8. The van der Waals surface area contributed by atoms with E-state index < -0.39 is 10.0 Å². The summed E-state index contributed by atoms with van der Waals surface area (Å²) in [5, 5.41) is 5.10. The van der Waals surface area contributed by atoms with Crippen LogP contribution in [0.2, 0.25) is 0 Å². The van der Waals surface area contributed by atoms with Crippen LogP contribution in [-0.4, -0.2) is 31.9 Å². The molecule has 1 aliphatic rings. The number of rotatable bonds is 8. The molecule has 0 radical (unpaired) electrons. The maximum absolute atomic E-state index is 12.7. The van der Waals surface area contributed by atoms with Gasteiger partial charge in [0.2, 0.25) is 10.0 Å². The summed E-state index contributed by atoms with van der Waals surface area (Å²) in [4.78, 5) is 1.52. The Morgan fingerprint density at radius 2 is 2.14 bits per heavy atom. The molecule has 0 amide bonds. The van der Waals surface area contributed by atoms with Crippen LogP contribution < -0.4 is 5.32 Å². The zero-order chi connectivity index (χ0) is 15.5. The molecular weight excluding hydrogens is 304 g/mol. The van der Waals surface area contributed by atoms with E-state index >= 15 is 0 Å². The van der Waals surface area contributed by atoms with E-state index in [0.29, 0.717) is 29.9 Å². The van der Waals surface area contributed by atoms with Crippen LogP contribution in [0.3, 0.4) is 0 Å². The fraction of sp³-hybridized carbons (Fsp3) is 0.733. The fourth-order valence-corrected chi connectivity index (χ4v) is 5.14. The molecule has 1 N–H and O–H groups in total. The van der Waals surface area contributed by atoms with E-state index in [1.807, 2.05) is 13.0 Å². The molecule has 21 heavy (non-hydrogen) atoms. The van der Waals surface area contributed by atoms with Gasteiger partial charge in [0.15, 0.2) is 0 Å². The van der Waals surface area contributed by atoms with Gasteiger partial charge in [-0.3, -0.25) is 0 Å². The van der Waals surface area contributed by atoms with Crippen molar-refractivity contribution >= 4 is 21.4 Å². The summed E-state index contributed by atoms with van der Waals surface area (Å²) >= 11 is 1.52. The van der Waals surface area contributed by atoms with E-state index in [1.54, 1.807) is 9.69 Å². The SMILES string of the molecule is CCN(CC1CCC1)S(=O)(=O)c1csc(CNC(C)C)c1. The predicted molar refractivity (Wildman–Crippen MR) is 88.1 cm³/mol.